The SMILES string of the molecule is CCC(C)C(=N)CCc1nc(-c2ccc(-c3ccc(S(C)(=O)=O)cc3)nc2)oc1C. The predicted molar refractivity (Wildman–Crippen MR) is 119 cm³/mol. The van der Waals surface area contributed by atoms with Gasteiger partial charge in [-0.05, 0) is 56.4 Å². The summed E-state index contributed by atoms with van der Waals surface area (Å²) in [6.07, 6.45) is 5.24. The van der Waals surface area contributed by atoms with E-state index in [4.69, 9.17) is 9.83 Å². The molecule has 1 unspecified atom stereocenters. The summed E-state index contributed by atoms with van der Waals surface area (Å²) in [6, 6.07) is 10.4. The summed E-state index contributed by atoms with van der Waals surface area (Å²) in [6.45, 7) is 6.06. The summed E-state index contributed by atoms with van der Waals surface area (Å²) in [5.41, 5.74) is 3.97. The Morgan fingerprint density at radius 1 is 1.13 bits per heavy atom. The maximum Gasteiger partial charge on any atom is 0.228 e. The van der Waals surface area contributed by atoms with E-state index in [0.717, 1.165) is 40.4 Å². The molecule has 1 aromatic carbocycles. The monoisotopic (exact) mass is 425 g/mol. The van der Waals surface area contributed by atoms with Crippen LogP contribution in [-0.2, 0) is 16.3 Å². The molecule has 158 valence electrons. The van der Waals surface area contributed by atoms with Gasteiger partial charge in [0.25, 0.3) is 0 Å². The molecular formula is C23H27N3O3S. The van der Waals surface area contributed by atoms with E-state index in [0.29, 0.717) is 24.7 Å². The Hall–Kier alpha value is -2.80. The Kier molecular flexibility index (Phi) is 6.51. The van der Waals surface area contributed by atoms with Crippen molar-refractivity contribution in [1.82, 2.24) is 9.97 Å². The quantitative estimate of drug-likeness (QED) is 0.506. The van der Waals surface area contributed by atoms with Crippen LogP contribution in [0.1, 0.15) is 38.1 Å². The van der Waals surface area contributed by atoms with Gasteiger partial charge < -0.3 is 9.83 Å². The Morgan fingerprint density at radius 2 is 1.80 bits per heavy atom. The van der Waals surface area contributed by atoms with Gasteiger partial charge in [-0.3, -0.25) is 4.98 Å². The number of pyridine rings is 1. The number of hydrogen-bond donors (Lipinski definition) is 1. The van der Waals surface area contributed by atoms with Crippen LogP contribution in [-0.4, -0.2) is 30.4 Å². The number of hydrogen-bond acceptors (Lipinski definition) is 6. The van der Waals surface area contributed by atoms with Crippen molar-refractivity contribution < 1.29 is 12.8 Å². The normalized spacial score (nSPS) is 12.7. The lowest BCUT2D eigenvalue weighted by Crippen LogP contribution is -2.10. The maximum absolute atomic E-state index is 11.6. The van der Waals surface area contributed by atoms with Crippen LogP contribution in [0.2, 0.25) is 0 Å². The van der Waals surface area contributed by atoms with Crippen LogP contribution in [0.4, 0.5) is 0 Å². The average molecular weight is 426 g/mol. The van der Waals surface area contributed by atoms with Crippen LogP contribution >= 0.6 is 0 Å². The number of sulfone groups is 1. The van der Waals surface area contributed by atoms with Crippen molar-refractivity contribution in [2.45, 2.75) is 44.9 Å². The maximum atomic E-state index is 11.6. The third-order valence-corrected chi connectivity index (χ3v) is 6.45. The highest BCUT2D eigenvalue weighted by Gasteiger charge is 2.14. The standard InChI is InChI=1S/C23H27N3O3S/c1-5-15(2)20(24)11-13-21-16(3)29-23(26-21)18-8-12-22(25-14-18)17-6-9-19(10-7-17)30(4,27)28/h6-10,12,14-15,24H,5,11,13H2,1-4H3. The number of aryl methyl sites for hydroxylation is 2. The Morgan fingerprint density at radius 3 is 2.37 bits per heavy atom. The molecule has 1 N–H and O–H groups in total. The van der Waals surface area contributed by atoms with E-state index in [1.54, 1.807) is 30.5 Å². The summed E-state index contributed by atoms with van der Waals surface area (Å²) in [4.78, 5) is 9.37. The van der Waals surface area contributed by atoms with Crippen molar-refractivity contribution in [3.05, 3.63) is 54.0 Å². The zero-order valence-electron chi connectivity index (χ0n) is 17.8. The molecule has 2 heterocycles. The first kappa shape index (κ1) is 21.9. The zero-order valence-corrected chi connectivity index (χ0v) is 18.6. The van der Waals surface area contributed by atoms with E-state index in [-0.39, 0.29) is 4.90 Å². The van der Waals surface area contributed by atoms with Gasteiger partial charge in [-0.1, -0.05) is 26.0 Å². The molecule has 30 heavy (non-hydrogen) atoms. The number of rotatable bonds is 8. The summed E-state index contributed by atoms with van der Waals surface area (Å²) < 4.78 is 29.0. The number of aromatic nitrogens is 2. The van der Waals surface area contributed by atoms with Crippen LogP contribution in [0.3, 0.4) is 0 Å². The lowest BCUT2D eigenvalue weighted by molar-refractivity contribution is 0.539. The Bertz CT molecular complexity index is 1130. The van der Waals surface area contributed by atoms with Crippen LogP contribution < -0.4 is 0 Å². The first-order valence-corrected chi connectivity index (χ1v) is 11.9. The molecule has 0 aliphatic rings. The highest BCUT2D eigenvalue weighted by Crippen LogP contribution is 2.25. The molecule has 0 amide bonds. The molecule has 0 bridgehead atoms. The van der Waals surface area contributed by atoms with E-state index in [2.05, 4.69) is 23.8 Å². The van der Waals surface area contributed by atoms with Gasteiger partial charge in [0.05, 0.1) is 21.8 Å². The van der Waals surface area contributed by atoms with E-state index in [1.165, 1.54) is 6.26 Å². The van der Waals surface area contributed by atoms with Crippen LogP contribution in [0.25, 0.3) is 22.7 Å². The predicted octanol–water partition coefficient (Wildman–Crippen LogP) is 5.11. The molecule has 6 nitrogen and oxygen atoms in total. The van der Waals surface area contributed by atoms with Gasteiger partial charge in [0.2, 0.25) is 5.89 Å². The molecule has 1 atom stereocenters. The Labute approximate surface area is 177 Å². The number of benzene rings is 1. The van der Waals surface area contributed by atoms with Gasteiger partial charge in [-0.15, -0.1) is 0 Å². The van der Waals surface area contributed by atoms with Crippen LogP contribution in [0.5, 0.6) is 0 Å². The van der Waals surface area contributed by atoms with E-state index >= 15 is 0 Å². The molecule has 2 aromatic heterocycles. The minimum absolute atomic E-state index is 0.284. The highest BCUT2D eigenvalue weighted by molar-refractivity contribution is 7.90. The first-order chi connectivity index (χ1) is 14.2. The third kappa shape index (κ3) is 5.02. The highest BCUT2D eigenvalue weighted by atomic mass is 32.2. The molecular weight excluding hydrogens is 398 g/mol. The first-order valence-electron chi connectivity index (χ1n) is 9.99. The second-order valence-electron chi connectivity index (χ2n) is 7.59. The van der Waals surface area contributed by atoms with Crippen LogP contribution in [0, 0.1) is 18.3 Å². The van der Waals surface area contributed by atoms with Gasteiger partial charge in [0.15, 0.2) is 9.84 Å². The molecule has 0 aliphatic carbocycles. The van der Waals surface area contributed by atoms with Gasteiger partial charge in [-0.25, -0.2) is 13.4 Å². The van der Waals surface area contributed by atoms with E-state index in [1.807, 2.05) is 19.1 Å². The number of nitrogens with one attached hydrogen (secondary N) is 1. The summed E-state index contributed by atoms with van der Waals surface area (Å²) in [5.74, 6) is 1.58. The van der Waals surface area contributed by atoms with Gasteiger partial charge in [0.1, 0.15) is 5.76 Å². The van der Waals surface area contributed by atoms with Crippen molar-refractivity contribution in [2.24, 2.45) is 5.92 Å². The van der Waals surface area contributed by atoms with Gasteiger partial charge >= 0.3 is 0 Å². The minimum Gasteiger partial charge on any atom is -0.441 e. The lowest BCUT2D eigenvalue weighted by Gasteiger charge is -2.09. The van der Waals surface area contributed by atoms with Crippen molar-refractivity contribution in [3.8, 4) is 22.7 Å². The largest absolute Gasteiger partial charge is 0.441 e. The van der Waals surface area contributed by atoms with Crippen molar-refractivity contribution in [3.63, 3.8) is 0 Å². The second-order valence-corrected chi connectivity index (χ2v) is 9.60. The average Bonchev–Trinajstić information content (AvgIpc) is 3.11. The van der Waals surface area contributed by atoms with Crippen molar-refractivity contribution >= 4 is 15.5 Å². The van der Waals surface area contributed by atoms with E-state index in [9.17, 15) is 8.42 Å². The van der Waals surface area contributed by atoms with Crippen molar-refractivity contribution in [2.75, 3.05) is 6.26 Å². The fourth-order valence-corrected chi connectivity index (χ4v) is 3.72. The molecule has 0 fully saturated rings. The molecule has 3 aromatic rings. The molecule has 0 saturated carbocycles. The zero-order chi connectivity index (χ0) is 21.9. The van der Waals surface area contributed by atoms with Gasteiger partial charge in [-0.2, -0.15) is 0 Å². The molecule has 3 rings (SSSR count). The van der Waals surface area contributed by atoms with Crippen molar-refractivity contribution in [1.29, 1.82) is 5.41 Å². The van der Waals surface area contributed by atoms with Gasteiger partial charge in [0, 0.05) is 23.7 Å². The lowest BCUT2D eigenvalue weighted by atomic mass is 9.98. The smallest absolute Gasteiger partial charge is 0.228 e. The van der Waals surface area contributed by atoms with Crippen LogP contribution in [0.15, 0.2) is 51.9 Å². The minimum atomic E-state index is -3.22. The topological polar surface area (TPSA) is 96.9 Å². The summed E-state index contributed by atoms with van der Waals surface area (Å²) in [7, 11) is -3.22. The molecule has 0 spiro atoms. The van der Waals surface area contributed by atoms with E-state index < -0.39 is 9.84 Å². The summed E-state index contributed by atoms with van der Waals surface area (Å²) >= 11 is 0. The molecule has 7 heteroatoms. The molecule has 0 saturated heterocycles. The third-order valence-electron chi connectivity index (χ3n) is 5.32. The molecule has 0 aliphatic heterocycles. The molecule has 0 radical (unpaired) electrons. The Balaban J connectivity index is 1.74. The number of nitrogens with zero attached hydrogens (tertiary/aromatic N) is 2. The fourth-order valence-electron chi connectivity index (χ4n) is 3.09. The number of oxazole rings is 1. The summed E-state index contributed by atoms with van der Waals surface area (Å²) in [5, 5.41) is 8.14. The fraction of sp³-hybridized carbons (Fsp3) is 0.348. The second kappa shape index (κ2) is 8.92.